The van der Waals surface area contributed by atoms with Crippen molar-refractivity contribution in [1.29, 1.82) is 0 Å². The number of nitrogens with zero attached hydrogens (tertiary/aromatic N) is 1. The smallest absolute Gasteiger partial charge is 0.255 e. The Morgan fingerprint density at radius 3 is 2.75 bits per heavy atom. The first-order valence-electron chi connectivity index (χ1n) is 9.36. The van der Waals surface area contributed by atoms with Gasteiger partial charge in [0.25, 0.3) is 5.91 Å². The molecular formula is C23H22N2O3. The molecule has 0 radical (unpaired) electrons. The number of carbonyl (C=O) groups excluding carboxylic acids is 2. The van der Waals surface area contributed by atoms with Crippen LogP contribution in [-0.4, -0.2) is 34.4 Å². The van der Waals surface area contributed by atoms with E-state index in [2.05, 4.69) is 23.5 Å². The maximum Gasteiger partial charge on any atom is 0.255 e. The first kappa shape index (κ1) is 18.0. The van der Waals surface area contributed by atoms with Gasteiger partial charge in [0.05, 0.1) is 11.6 Å². The van der Waals surface area contributed by atoms with Crippen LogP contribution in [0, 0.1) is 6.92 Å². The lowest BCUT2D eigenvalue weighted by molar-refractivity contribution is -0.128. The van der Waals surface area contributed by atoms with E-state index in [1.807, 2.05) is 31.2 Å². The van der Waals surface area contributed by atoms with Crippen LogP contribution in [0.2, 0.25) is 0 Å². The van der Waals surface area contributed by atoms with Gasteiger partial charge in [-0.3, -0.25) is 9.59 Å². The van der Waals surface area contributed by atoms with Crippen molar-refractivity contribution in [3.63, 3.8) is 0 Å². The lowest BCUT2D eigenvalue weighted by Crippen LogP contribution is -2.37. The highest BCUT2D eigenvalue weighted by Gasteiger charge is 2.31. The molecule has 1 fully saturated rings. The quantitative estimate of drug-likeness (QED) is 0.735. The number of hydrogen-bond acceptors (Lipinski definition) is 3. The van der Waals surface area contributed by atoms with E-state index in [1.165, 1.54) is 0 Å². The lowest BCUT2D eigenvalue weighted by atomic mass is 10.0. The van der Waals surface area contributed by atoms with E-state index in [-0.39, 0.29) is 35.6 Å². The van der Waals surface area contributed by atoms with Gasteiger partial charge in [-0.15, -0.1) is 0 Å². The fourth-order valence-electron chi connectivity index (χ4n) is 3.75. The molecule has 1 unspecified atom stereocenters. The predicted octanol–water partition coefficient (Wildman–Crippen LogP) is 3.38. The first-order chi connectivity index (χ1) is 13.5. The summed E-state index contributed by atoms with van der Waals surface area (Å²) in [7, 11) is 0. The monoisotopic (exact) mass is 374 g/mol. The molecule has 0 saturated carbocycles. The van der Waals surface area contributed by atoms with Gasteiger partial charge < -0.3 is 15.3 Å². The lowest BCUT2D eigenvalue weighted by Gasteiger charge is -2.18. The molecule has 5 heteroatoms. The molecule has 1 atom stereocenters. The van der Waals surface area contributed by atoms with Gasteiger partial charge in [0.2, 0.25) is 5.91 Å². The van der Waals surface area contributed by atoms with Crippen molar-refractivity contribution < 1.29 is 14.7 Å². The summed E-state index contributed by atoms with van der Waals surface area (Å²) in [4.78, 5) is 26.7. The zero-order valence-electron chi connectivity index (χ0n) is 15.7. The van der Waals surface area contributed by atoms with Crippen LogP contribution in [0.15, 0.2) is 60.7 Å². The number of benzene rings is 3. The van der Waals surface area contributed by atoms with Crippen molar-refractivity contribution in [2.24, 2.45) is 0 Å². The molecule has 2 amide bonds. The van der Waals surface area contributed by atoms with E-state index >= 15 is 0 Å². The highest BCUT2D eigenvalue weighted by atomic mass is 16.3. The highest BCUT2D eigenvalue weighted by molar-refractivity contribution is 5.97. The zero-order valence-corrected chi connectivity index (χ0v) is 15.7. The molecule has 0 bridgehead atoms. The summed E-state index contributed by atoms with van der Waals surface area (Å²) in [6.45, 7) is 2.82. The molecule has 0 aromatic heterocycles. The van der Waals surface area contributed by atoms with E-state index in [4.69, 9.17) is 0 Å². The van der Waals surface area contributed by atoms with Crippen LogP contribution in [0.4, 0.5) is 0 Å². The Balaban J connectivity index is 1.46. The molecular weight excluding hydrogens is 352 g/mol. The standard InChI is InChI=1S/C23H22N2O3/c1-15-9-10-20(21(26)11-15)23(28)24-18-12-22(27)25(14-18)13-17-7-4-6-16-5-2-3-8-19(16)17/h2-11,18,26H,12-14H2,1H3,(H,24,28). The molecule has 4 rings (SSSR count). The predicted molar refractivity (Wildman–Crippen MR) is 108 cm³/mol. The van der Waals surface area contributed by atoms with Crippen LogP contribution in [0.5, 0.6) is 5.75 Å². The Labute approximate surface area is 163 Å². The molecule has 3 aromatic carbocycles. The summed E-state index contributed by atoms with van der Waals surface area (Å²) in [5, 5.41) is 15.2. The molecule has 28 heavy (non-hydrogen) atoms. The van der Waals surface area contributed by atoms with Crippen molar-refractivity contribution in [1.82, 2.24) is 10.2 Å². The number of hydrogen-bond donors (Lipinski definition) is 2. The molecule has 1 heterocycles. The van der Waals surface area contributed by atoms with E-state index in [9.17, 15) is 14.7 Å². The Morgan fingerprint density at radius 2 is 1.93 bits per heavy atom. The number of rotatable bonds is 4. The molecule has 142 valence electrons. The summed E-state index contributed by atoms with van der Waals surface area (Å²) in [6, 6.07) is 18.9. The molecule has 2 N–H and O–H groups in total. The van der Waals surface area contributed by atoms with Crippen LogP contribution in [0.25, 0.3) is 10.8 Å². The van der Waals surface area contributed by atoms with Crippen molar-refractivity contribution in [2.75, 3.05) is 6.54 Å². The third-order valence-electron chi connectivity index (χ3n) is 5.19. The topological polar surface area (TPSA) is 69.6 Å². The zero-order chi connectivity index (χ0) is 19.7. The summed E-state index contributed by atoms with van der Waals surface area (Å²) in [6.07, 6.45) is 0.267. The number of aryl methyl sites for hydroxylation is 1. The Kier molecular flexibility index (Phi) is 4.74. The Bertz CT molecular complexity index is 1060. The molecule has 1 aliphatic rings. The van der Waals surface area contributed by atoms with Crippen LogP contribution < -0.4 is 5.32 Å². The Morgan fingerprint density at radius 1 is 1.14 bits per heavy atom. The van der Waals surface area contributed by atoms with Crippen LogP contribution in [0.3, 0.4) is 0 Å². The maximum atomic E-state index is 12.5. The van der Waals surface area contributed by atoms with Crippen molar-refractivity contribution in [3.8, 4) is 5.75 Å². The molecule has 1 saturated heterocycles. The average molecular weight is 374 g/mol. The molecule has 0 spiro atoms. The second-order valence-corrected chi connectivity index (χ2v) is 7.31. The SMILES string of the molecule is Cc1ccc(C(=O)NC2CC(=O)N(Cc3cccc4ccccc34)C2)c(O)c1. The van der Waals surface area contributed by atoms with Crippen molar-refractivity contribution in [3.05, 3.63) is 77.4 Å². The molecule has 3 aromatic rings. The van der Waals surface area contributed by atoms with Crippen LogP contribution in [-0.2, 0) is 11.3 Å². The van der Waals surface area contributed by atoms with E-state index in [0.717, 1.165) is 21.9 Å². The fraction of sp³-hybridized carbons (Fsp3) is 0.217. The third-order valence-corrected chi connectivity index (χ3v) is 5.19. The minimum Gasteiger partial charge on any atom is -0.507 e. The minimum atomic E-state index is -0.359. The van der Waals surface area contributed by atoms with Gasteiger partial charge >= 0.3 is 0 Å². The van der Waals surface area contributed by atoms with Gasteiger partial charge in [0, 0.05) is 19.5 Å². The number of aromatic hydroxyl groups is 1. The number of carbonyl (C=O) groups is 2. The van der Waals surface area contributed by atoms with Gasteiger partial charge in [0.15, 0.2) is 0 Å². The second kappa shape index (κ2) is 7.35. The molecule has 5 nitrogen and oxygen atoms in total. The number of fused-ring (bicyclic) bond motifs is 1. The van der Waals surface area contributed by atoms with Gasteiger partial charge in [0.1, 0.15) is 5.75 Å². The van der Waals surface area contributed by atoms with E-state index in [1.54, 1.807) is 23.1 Å². The summed E-state index contributed by atoms with van der Waals surface area (Å²) in [5.74, 6) is -0.386. The summed E-state index contributed by atoms with van der Waals surface area (Å²) >= 11 is 0. The van der Waals surface area contributed by atoms with Gasteiger partial charge in [-0.25, -0.2) is 0 Å². The first-order valence-corrected chi connectivity index (χ1v) is 9.36. The van der Waals surface area contributed by atoms with Gasteiger partial charge in [-0.1, -0.05) is 48.5 Å². The van der Waals surface area contributed by atoms with Crippen LogP contribution in [0.1, 0.15) is 27.9 Å². The maximum absolute atomic E-state index is 12.5. The van der Waals surface area contributed by atoms with Gasteiger partial charge in [-0.05, 0) is 41.0 Å². The summed E-state index contributed by atoms with van der Waals surface area (Å²) < 4.78 is 0. The normalized spacial score (nSPS) is 16.5. The van der Waals surface area contributed by atoms with Crippen molar-refractivity contribution >= 4 is 22.6 Å². The third kappa shape index (κ3) is 3.56. The number of phenolic OH excluding ortho intramolecular Hbond substituents is 1. The summed E-state index contributed by atoms with van der Waals surface area (Å²) in [5.41, 5.74) is 2.20. The molecule has 1 aliphatic heterocycles. The van der Waals surface area contributed by atoms with Gasteiger partial charge in [-0.2, -0.15) is 0 Å². The Hall–Kier alpha value is -3.34. The second-order valence-electron chi connectivity index (χ2n) is 7.31. The average Bonchev–Trinajstić information content (AvgIpc) is 3.00. The van der Waals surface area contributed by atoms with E-state index < -0.39 is 0 Å². The minimum absolute atomic E-state index is 0.0198. The fourth-order valence-corrected chi connectivity index (χ4v) is 3.75. The van der Waals surface area contributed by atoms with Crippen LogP contribution >= 0.6 is 0 Å². The number of amides is 2. The largest absolute Gasteiger partial charge is 0.507 e. The highest BCUT2D eigenvalue weighted by Crippen LogP contribution is 2.23. The van der Waals surface area contributed by atoms with Crippen molar-refractivity contribution in [2.45, 2.75) is 25.9 Å². The number of likely N-dealkylation sites (tertiary alicyclic amines) is 1. The number of nitrogens with one attached hydrogen (secondary N) is 1. The van der Waals surface area contributed by atoms with E-state index in [0.29, 0.717) is 13.1 Å². The number of phenols is 1. The molecule has 0 aliphatic carbocycles.